The fourth-order valence-electron chi connectivity index (χ4n) is 1.77. The normalized spacial score (nSPS) is 9.75. The quantitative estimate of drug-likeness (QED) is 0.815. The number of oxazole rings is 1. The number of rotatable bonds is 2. The number of anilines is 1. The van der Waals surface area contributed by atoms with Crippen LogP contribution in [0.15, 0.2) is 28.7 Å². The molecule has 5 nitrogen and oxygen atoms in total. The summed E-state index contributed by atoms with van der Waals surface area (Å²) >= 11 is 0. The Hall–Kier alpha value is -2.58. The van der Waals surface area contributed by atoms with Gasteiger partial charge in [-0.25, -0.2) is 4.98 Å². The summed E-state index contributed by atoms with van der Waals surface area (Å²) in [6.45, 7) is 3.69. The van der Waals surface area contributed by atoms with Gasteiger partial charge in [0.2, 0.25) is 5.76 Å². The van der Waals surface area contributed by atoms with Crippen molar-refractivity contribution in [2.45, 2.75) is 13.8 Å². The lowest BCUT2D eigenvalue weighted by Crippen LogP contribution is -2.13. The van der Waals surface area contributed by atoms with Crippen LogP contribution in [0.25, 0.3) is 0 Å². The number of hydrogen-bond acceptors (Lipinski definition) is 4. The summed E-state index contributed by atoms with van der Waals surface area (Å²) in [4.78, 5) is 16.2. The highest BCUT2D eigenvalue weighted by atomic mass is 16.4. The van der Waals surface area contributed by atoms with Gasteiger partial charge in [-0.2, -0.15) is 0 Å². The predicted octanol–water partition coefficient (Wildman–Crippen LogP) is 1.85. The van der Waals surface area contributed by atoms with E-state index in [-0.39, 0.29) is 18.2 Å². The molecular weight excluding hydrogens is 254 g/mol. The molecule has 1 aromatic heterocycles. The predicted molar refractivity (Wildman–Crippen MR) is 76.3 cm³/mol. The minimum absolute atomic E-state index is 0.212. The Bertz CT molecular complexity index is 693. The van der Waals surface area contributed by atoms with E-state index in [0.29, 0.717) is 22.8 Å². The van der Waals surface area contributed by atoms with E-state index >= 15 is 0 Å². The van der Waals surface area contributed by atoms with Crippen molar-refractivity contribution in [2.75, 3.05) is 11.9 Å². The first-order valence-corrected chi connectivity index (χ1v) is 6.15. The summed E-state index contributed by atoms with van der Waals surface area (Å²) in [5.74, 6) is 6.01. The van der Waals surface area contributed by atoms with Gasteiger partial charge in [-0.05, 0) is 19.1 Å². The Balaban J connectivity index is 2.26. The molecule has 102 valence electrons. The number of nitrogens with one attached hydrogen (secondary N) is 1. The molecule has 0 aliphatic heterocycles. The van der Waals surface area contributed by atoms with Gasteiger partial charge in [0.15, 0.2) is 5.89 Å². The lowest BCUT2D eigenvalue weighted by atomic mass is 10.1. The third kappa shape index (κ3) is 3.05. The second kappa shape index (κ2) is 6.04. The number of aryl methyl sites for hydroxylation is 2. The monoisotopic (exact) mass is 269 g/mol. The second-order valence-corrected chi connectivity index (χ2v) is 4.15. The fourth-order valence-corrected chi connectivity index (χ4v) is 1.77. The zero-order chi connectivity index (χ0) is 14.5. The van der Waals surface area contributed by atoms with Gasteiger partial charge in [-0.15, -0.1) is 0 Å². The highest BCUT2D eigenvalue weighted by molar-refractivity contribution is 6.03. The number of hydrogen-bond donors (Lipinski definition) is 2. The van der Waals surface area contributed by atoms with Crippen LogP contribution < -0.4 is 11.1 Å². The molecule has 0 atom stereocenters. The van der Waals surface area contributed by atoms with Gasteiger partial charge >= 0.3 is 0 Å². The molecule has 0 aliphatic carbocycles. The summed E-state index contributed by atoms with van der Waals surface area (Å²) in [5.41, 5.74) is 7.24. The number of benzene rings is 1. The summed E-state index contributed by atoms with van der Waals surface area (Å²) in [6, 6.07) is 7.26. The van der Waals surface area contributed by atoms with Crippen LogP contribution in [0.2, 0.25) is 0 Å². The van der Waals surface area contributed by atoms with Gasteiger partial charge in [-0.1, -0.05) is 24.0 Å². The minimum atomic E-state index is -0.343. The maximum Gasteiger partial charge on any atom is 0.293 e. The van der Waals surface area contributed by atoms with Crippen molar-refractivity contribution in [1.29, 1.82) is 0 Å². The summed E-state index contributed by atoms with van der Waals surface area (Å²) < 4.78 is 5.29. The smallest absolute Gasteiger partial charge is 0.293 e. The van der Waals surface area contributed by atoms with Gasteiger partial charge in [0.25, 0.3) is 5.91 Å². The summed E-state index contributed by atoms with van der Waals surface area (Å²) in [6.07, 6.45) is 0. The Morgan fingerprint density at radius 2 is 2.15 bits per heavy atom. The Labute approximate surface area is 117 Å². The standard InChI is InChI=1S/C15H15N3O2/c1-10-14(20-11(2)17-10)15(19)18-13-8-4-3-6-12(13)7-5-9-16/h3-4,6,8H,9,16H2,1-2H3,(H,18,19). The van der Waals surface area contributed by atoms with Crippen LogP contribution in [-0.2, 0) is 0 Å². The van der Waals surface area contributed by atoms with Crippen molar-refractivity contribution >= 4 is 11.6 Å². The third-order valence-electron chi connectivity index (χ3n) is 2.61. The van der Waals surface area contributed by atoms with E-state index in [2.05, 4.69) is 22.1 Å². The molecular formula is C15H15N3O2. The molecule has 1 amide bonds. The van der Waals surface area contributed by atoms with Crippen LogP contribution in [-0.4, -0.2) is 17.4 Å². The van der Waals surface area contributed by atoms with Crippen LogP contribution in [0, 0.1) is 25.7 Å². The van der Waals surface area contributed by atoms with Crippen LogP contribution in [0.4, 0.5) is 5.69 Å². The number of carbonyl (C=O) groups excluding carboxylic acids is 1. The van der Waals surface area contributed by atoms with Crippen LogP contribution in [0.5, 0.6) is 0 Å². The second-order valence-electron chi connectivity index (χ2n) is 4.15. The highest BCUT2D eigenvalue weighted by Crippen LogP contribution is 2.17. The minimum Gasteiger partial charge on any atom is -0.436 e. The van der Waals surface area contributed by atoms with Gasteiger partial charge in [0.05, 0.1) is 17.9 Å². The SMILES string of the molecule is Cc1nc(C)c(C(=O)Nc2ccccc2C#CCN)o1. The van der Waals surface area contributed by atoms with Crippen molar-refractivity contribution in [3.05, 3.63) is 47.2 Å². The van der Waals surface area contributed by atoms with Gasteiger partial charge in [-0.3, -0.25) is 4.79 Å². The van der Waals surface area contributed by atoms with Gasteiger partial charge < -0.3 is 15.5 Å². The Kier molecular flexibility index (Phi) is 4.18. The number of nitrogens with zero attached hydrogens (tertiary/aromatic N) is 1. The molecule has 2 aromatic rings. The number of nitrogens with two attached hydrogens (primary N) is 1. The first-order chi connectivity index (χ1) is 9.61. The zero-order valence-corrected chi connectivity index (χ0v) is 11.4. The molecule has 0 saturated heterocycles. The first kappa shape index (κ1) is 13.8. The largest absolute Gasteiger partial charge is 0.436 e. The average molecular weight is 269 g/mol. The lowest BCUT2D eigenvalue weighted by Gasteiger charge is -2.05. The molecule has 1 aromatic carbocycles. The van der Waals surface area contributed by atoms with E-state index in [4.69, 9.17) is 10.2 Å². The maximum atomic E-state index is 12.2. The molecule has 5 heteroatoms. The van der Waals surface area contributed by atoms with Crippen LogP contribution in [0.3, 0.4) is 0 Å². The molecule has 0 bridgehead atoms. The van der Waals surface area contributed by atoms with E-state index in [0.717, 1.165) is 0 Å². The van der Waals surface area contributed by atoms with Crippen molar-refractivity contribution in [3.63, 3.8) is 0 Å². The fraction of sp³-hybridized carbons (Fsp3) is 0.200. The summed E-state index contributed by atoms with van der Waals surface area (Å²) in [7, 11) is 0. The van der Waals surface area contributed by atoms with E-state index in [1.807, 2.05) is 18.2 Å². The Morgan fingerprint density at radius 1 is 1.40 bits per heavy atom. The lowest BCUT2D eigenvalue weighted by molar-refractivity contribution is 0.0994. The number of carbonyl (C=O) groups is 1. The van der Waals surface area contributed by atoms with E-state index < -0.39 is 0 Å². The average Bonchev–Trinajstić information content (AvgIpc) is 2.77. The molecule has 20 heavy (non-hydrogen) atoms. The number of aromatic nitrogens is 1. The molecule has 0 aliphatic rings. The molecule has 3 N–H and O–H groups in total. The van der Waals surface area contributed by atoms with Crippen LogP contribution >= 0.6 is 0 Å². The van der Waals surface area contributed by atoms with Crippen molar-refractivity contribution in [1.82, 2.24) is 4.98 Å². The molecule has 0 saturated carbocycles. The Morgan fingerprint density at radius 3 is 2.80 bits per heavy atom. The number of amides is 1. The van der Waals surface area contributed by atoms with Crippen molar-refractivity contribution in [2.24, 2.45) is 5.73 Å². The maximum absolute atomic E-state index is 12.2. The third-order valence-corrected chi connectivity index (χ3v) is 2.61. The molecule has 0 unspecified atom stereocenters. The molecule has 0 radical (unpaired) electrons. The zero-order valence-electron chi connectivity index (χ0n) is 11.4. The molecule has 2 rings (SSSR count). The van der Waals surface area contributed by atoms with Crippen LogP contribution in [0.1, 0.15) is 27.7 Å². The van der Waals surface area contributed by atoms with E-state index in [1.54, 1.807) is 19.9 Å². The van der Waals surface area contributed by atoms with Crippen molar-refractivity contribution < 1.29 is 9.21 Å². The van der Waals surface area contributed by atoms with Crippen molar-refractivity contribution in [3.8, 4) is 11.8 Å². The van der Waals surface area contributed by atoms with E-state index in [9.17, 15) is 4.79 Å². The van der Waals surface area contributed by atoms with Gasteiger partial charge in [0, 0.05) is 12.5 Å². The van der Waals surface area contributed by atoms with Gasteiger partial charge in [0.1, 0.15) is 0 Å². The molecule has 1 heterocycles. The topological polar surface area (TPSA) is 81.2 Å². The molecule has 0 fully saturated rings. The highest BCUT2D eigenvalue weighted by Gasteiger charge is 2.16. The first-order valence-electron chi connectivity index (χ1n) is 6.15. The summed E-state index contributed by atoms with van der Waals surface area (Å²) in [5, 5.41) is 2.77. The number of para-hydroxylation sites is 1. The molecule has 0 spiro atoms. The van der Waals surface area contributed by atoms with E-state index in [1.165, 1.54) is 0 Å².